The van der Waals surface area contributed by atoms with Crippen LogP contribution in [0.15, 0.2) is 53.6 Å². The van der Waals surface area contributed by atoms with Gasteiger partial charge in [-0.3, -0.25) is 0 Å². The third-order valence-electron chi connectivity index (χ3n) is 6.76. The fraction of sp³-hybridized carbons (Fsp3) is 0.320. The van der Waals surface area contributed by atoms with Crippen LogP contribution in [0, 0.1) is 6.92 Å². The maximum atomic E-state index is 13.4. The van der Waals surface area contributed by atoms with Gasteiger partial charge in [0.25, 0.3) is 0 Å². The molecule has 0 N–H and O–H groups in total. The van der Waals surface area contributed by atoms with Crippen LogP contribution >= 0.6 is 11.6 Å². The van der Waals surface area contributed by atoms with Crippen molar-refractivity contribution in [2.75, 3.05) is 19.7 Å². The average molecular weight is 510 g/mol. The summed E-state index contributed by atoms with van der Waals surface area (Å²) in [6, 6.07) is 12.8. The normalized spacial score (nSPS) is 17.0. The van der Waals surface area contributed by atoms with Gasteiger partial charge in [0, 0.05) is 37.4 Å². The van der Waals surface area contributed by atoms with E-state index >= 15 is 0 Å². The minimum atomic E-state index is -3.59. The van der Waals surface area contributed by atoms with Gasteiger partial charge >= 0.3 is 0 Å². The molecular formula is C25H24ClN5O3S. The molecule has 1 aromatic carbocycles. The molecule has 0 spiro atoms. The molecule has 1 fully saturated rings. The van der Waals surface area contributed by atoms with E-state index in [9.17, 15) is 8.42 Å². The van der Waals surface area contributed by atoms with Gasteiger partial charge < -0.3 is 9.30 Å². The predicted octanol–water partition coefficient (Wildman–Crippen LogP) is 4.42. The summed E-state index contributed by atoms with van der Waals surface area (Å²) in [5.74, 6) is 1.48. The van der Waals surface area contributed by atoms with Gasteiger partial charge in [-0.05, 0) is 67.8 Å². The van der Waals surface area contributed by atoms with Crippen molar-refractivity contribution in [1.82, 2.24) is 23.8 Å². The smallest absolute Gasteiger partial charge is 0.243 e. The van der Waals surface area contributed by atoms with E-state index < -0.39 is 10.0 Å². The number of benzene rings is 1. The second kappa shape index (κ2) is 8.58. The van der Waals surface area contributed by atoms with Crippen molar-refractivity contribution >= 4 is 32.8 Å². The van der Waals surface area contributed by atoms with Crippen LogP contribution < -0.4 is 4.74 Å². The number of ether oxygens (including phenoxy) is 1. The Hall–Kier alpha value is -3.01. The number of aromatic nitrogens is 4. The van der Waals surface area contributed by atoms with E-state index in [0.29, 0.717) is 48.4 Å². The number of piperidine rings is 1. The monoisotopic (exact) mass is 509 g/mol. The summed E-state index contributed by atoms with van der Waals surface area (Å²) in [7, 11) is -3.59. The van der Waals surface area contributed by atoms with Crippen LogP contribution in [0.4, 0.5) is 0 Å². The number of pyridine rings is 2. The molecule has 0 aliphatic carbocycles. The van der Waals surface area contributed by atoms with Gasteiger partial charge in [-0.2, -0.15) is 4.31 Å². The Morgan fingerprint density at radius 1 is 1.09 bits per heavy atom. The number of imidazole rings is 1. The molecule has 3 aromatic heterocycles. The van der Waals surface area contributed by atoms with E-state index in [1.54, 1.807) is 28.7 Å². The van der Waals surface area contributed by atoms with E-state index in [0.717, 1.165) is 40.2 Å². The van der Waals surface area contributed by atoms with Gasteiger partial charge in [0.15, 0.2) is 5.65 Å². The molecule has 0 amide bonds. The molecule has 35 heavy (non-hydrogen) atoms. The number of hydrogen-bond donors (Lipinski definition) is 0. The lowest BCUT2D eigenvalue weighted by Crippen LogP contribution is -2.39. The fourth-order valence-corrected chi connectivity index (χ4v) is 6.70. The van der Waals surface area contributed by atoms with Crippen LogP contribution in [0.5, 0.6) is 5.75 Å². The van der Waals surface area contributed by atoms with Crippen molar-refractivity contribution in [3.05, 3.63) is 65.1 Å². The van der Waals surface area contributed by atoms with Gasteiger partial charge in [-0.1, -0.05) is 11.6 Å². The van der Waals surface area contributed by atoms with Crippen LogP contribution in [0.3, 0.4) is 0 Å². The minimum absolute atomic E-state index is 0.0282. The Balaban J connectivity index is 1.32. The van der Waals surface area contributed by atoms with Crippen molar-refractivity contribution in [2.24, 2.45) is 0 Å². The topological polar surface area (TPSA) is 90.2 Å². The molecule has 0 bridgehead atoms. The summed E-state index contributed by atoms with van der Waals surface area (Å²) in [6.45, 7) is 3.36. The quantitative estimate of drug-likeness (QED) is 0.378. The van der Waals surface area contributed by atoms with Gasteiger partial charge in [0.1, 0.15) is 22.2 Å². The third kappa shape index (κ3) is 3.87. The maximum Gasteiger partial charge on any atom is 0.243 e. The zero-order valence-corrected chi connectivity index (χ0v) is 20.8. The highest BCUT2D eigenvalue weighted by Gasteiger charge is 2.33. The molecule has 4 aromatic rings. The standard InChI is InChI=1S/C25H24ClN5O3S/c1-16-4-6-21-25(28-16)31(24(29-21)20-3-2-11-27-23(20)26)18-8-12-30(13-9-18)35(32,33)19-5-7-22-17(15-19)10-14-34-22/h2-7,11,15,18H,8-10,12-14H2,1H3. The molecule has 2 aliphatic rings. The van der Waals surface area contributed by atoms with Crippen molar-refractivity contribution in [3.8, 4) is 17.1 Å². The van der Waals surface area contributed by atoms with Crippen molar-refractivity contribution in [1.29, 1.82) is 0 Å². The highest BCUT2D eigenvalue weighted by molar-refractivity contribution is 7.89. The lowest BCUT2D eigenvalue weighted by atomic mass is 10.1. The second-order valence-corrected chi connectivity index (χ2v) is 11.2. The zero-order valence-electron chi connectivity index (χ0n) is 19.2. The van der Waals surface area contributed by atoms with Crippen LogP contribution in [-0.2, 0) is 16.4 Å². The predicted molar refractivity (Wildman–Crippen MR) is 133 cm³/mol. The lowest BCUT2D eigenvalue weighted by Gasteiger charge is -2.32. The van der Waals surface area contributed by atoms with E-state index in [1.807, 2.05) is 31.2 Å². The van der Waals surface area contributed by atoms with Gasteiger partial charge in [-0.15, -0.1) is 0 Å². The van der Waals surface area contributed by atoms with Gasteiger partial charge in [-0.25, -0.2) is 23.4 Å². The summed E-state index contributed by atoms with van der Waals surface area (Å²) in [5.41, 5.74) is 4.13. The minimum Gasteiger partial charge on any atom is -0.493 e. The molecule has 0 unspecified atom stereocenters. The molecule has 8 nitrogen and oxygen atoms in total. The number of nitrogens with zero attached hydrogens (tertiary/aromatic N) is 5. The average Bonchev–Trinajstić information content (AvgIpc) is 3.48. The SMILES string of the molecule is Cc1ccc2nc(-c3cccnc3Cl)n(C3CCN(S(=O)(=O)c4ccc5c(c4)CCO5)CC3)c2n1. The highest BCUT2D eigenvalue weighted by Crippen LogP contribution is 2.36. The first kappa shape index (κ1) is 22.5. The number of aryl methyl sites for hydroxylation is 1. The van der Waals surface area contributed by atoms with Crippen molar-refractivity contribution in [2.45, 2.75) is 37.1 Å². The molecule has 6 rings (SSSR count). The van der Waals surface area contributed by atoms with E-state index in [1.165, 1.54) is 0 Å². The summed E-state index contributed by atoms with van der Waals surface area (Å²) >= 11 is 6.44. The fourth-order valence-electron chi connectivity index (χ4n) is 4.97. The second-order valence-electron chi connectivity index (χ2n) is 8.95. The first-order valence-electron chi connectivity index (χ1n) is 11.6. The number of rotatable bonds is 4. The Bertz CT molecular complexity index is 1540. The van der Waals surface area contributed by atoms with Gasteiger partial charge in [0.05, 0.1) is 17.1 Å². The summed E-state index contributed by atoms with van der Waals surface area (Å²) in [6.07, 6.45) is 3.66. The highest BCUT2D eigenvalue weighted by atomic mass is 35.5. The Kier molecular flexibility index (Phi) is 5.51. The van der Waals surface area contributed by atoms with Crippen LogP contribution in [0.25, 0.3) is 22.6 Å². The largest absolute Gasteiger partial charge is 0.493 e. The first-order chi connectivity index (χ1) is 16.9. The molecule has 10 heteroatoms. The van der Waals surface area contributed by atoms with E-state index in [-0.39, 0.29) is 6.04 Å². The Morgan fingerprint density at radius 2 is 1.91 bits per heavy atom. The lowest BCUT2D eigenvalue weighted by molar-refractivity contribution is 0.278. The molecule has 0 atom stereocenters. The Labute approximate surface area is 208 Å². The molecule has 2 aliphatic heterocycles. The molecule has 0 saturated carbocycles. The zero-order chi connectivity index (χ0) is 24.2. The van der Waals surface area contributed by atoms with Crippen molar-refractivity contribution in [3.63, 3.8) is 0 Å². The Morgan fingerprint density at radius 3 is 2.71 bits per heavy atom. The summed E-state index contributed by atoms with van der Waals surface area (Å²) < 4.78 is 36.0. The van der Waals surface area contributed by atoms with Crippen molar-refractivity contribution < 1.29 is 13.2 Å². The number of sulfonamides is 1. The van der Waals surface area contributed by atoms with Crippen LogP contribution in [-0.4, -0.2) is 51.9 Å². The van der Waals surface area contributed by atoms with Crippen LogP contribution in [0.2, 0.25) is 5.15 Å². The summed E-state index contributed by atoms with van der Waals surface area (Å²) in [5, 5.41) is 0.376. The van der Waals surface area contributed by atoms with E-state index in [2.05, 4.69) is 9.55 Å². The first-order valence-corrected chi connectivity index (χ1v) is 13.5. The summed E-state index contributed by atoms with van der Waals surface area (Å²) in [4.78, 5) is 14.2. The third-order valence-corrected chi connectivity index (χ3v) is 8.96. The maximum absolute atomic E-state index is 13.4. The van der Waals surface area contributed by atoms with E-state index in [4.69, 9.17) is 26.3 Å². The number of hydrogen-bond acceptors (Lipinski definition) is 6. The molecule has 180 valence electrons. The van der Waals surface area contributed by atoms with Crippen LogP contribution in [0.1, 0.15) is 30.1 Å². The molecule has 1 saturated heterocycles. The van der Waals surface area contributed by atoms with Gasteiger partial charge in [0.2, 0.25) is 10.0 Å². The molecular weight excluding hydrogens is 486 g/mol. The number of halogens is 1. The molecule has 0 radical (unpaired) electrons. The number of fused-ring (bicyclic) bond motifs is 2. The molecule has 5 heterocycles.